The molecular formula is C21H26O5. The molecule has 2 aromatic carbocycles. The molecule has 0 fully saturated rings. The Labute approximate surface area is 154 Å². The molecule has 0 aliphatic heterocycles. The Balaban J connectivity index is 2.15. The minimum absolute atomic E-state index is 0.151. The van der Waals surface area contributed by atoms with E-state index in [1.807, 2.05) is 18.2 Å². The number of ether oxygens (including phenoxy) is 4. The molecule has 0 aromatic heterocycles. The summed E-state index contributed by atoms with van der Waals surface area (Å²) < 4.78 is 21.8. The predicted octanol–water partition coefficient (Wildman–Crippen LogP) is 4.28. The molecule has 1 N–H and O–H groups in total. The Morgan fingerprint density at radius 2 is 1.50 bits per heavy atom. The lowest BCUT2D eigenvalue weighted by Crippen LogP contribution is -2.05. The van der Waals surface area contributed by atoms with Gasteiger partial charge in [0.2, 0.25) is 5.75 Å². The topological polar surface area (TPSA) is 57.2 Å². The molecule has 5 nitrogen and oxygen atoms in total. The average Bonchev–Trinajstić information content (AvgIpc) is 2.90. The maximum atomic E-state index is 10.6. The fourth-order valence-electron chi connectivity index (χ4n) is 3.84. The summed E-state index contributed by atoms with van der Waals surface area (Å²) in [5.41, 5.74) is 3.20. The van der Waals surface area contributed by atoms with Crippen LogP contribution in [0.25, 0.3) is 0 Å². The zero-order valence-electron chi connectivity index (χ0n) is 15.8. The standard InChI is InChI=1S/C21H26O5/c1-23-17-10-9-15-14(7-5-6-8-16(15)20(17)22)13-11-18(24-2)21(26-4)19(12-13)25-3/h9-12,14,22H,5-8H2,1-4H3. The predicted molar refractivity (Wildman–Crippen MR) is 100 cm³/mol. The lowest BCUT2D eigenvalue weighted by molar-refractivity contribution is 0.323. The van der Waals surface area contributed by atoms with Crippen LogP contribution in [0.5, 0.6) is 28.7 Å². The highest BCUT2D eigenvalue weighted by Crippen LogP contribution is 2.46. The highest BCUT2D eigenvalue weighted by Gasteiger charge is 2.26. The number of aromatic hydroxyl groups is 1. The van der Waals surface area contributed by atoms with Crippen molar-refractivity contribution in [1.29, 1.82) is 0 Å². The molecule has 140 valence electrons. The molecule has 0 amide bonds. The van der Waals surface area contributed by atoms with E-state index in [-0.39, 0.29) is 11.7 Å². The van der Waals surface area contributed by atoms with E-state index < -0.39 is 0 Å². The van der Waals surface area contributed by atoms with E-state index in [0.717, 1.165) is 42.4 Å². The van der Waals surface area contributed by atoms with Gasteiger partial charge >= 0.3 is 0 Å². The maximum Gasteiger partial charge on any atom is 0.203 e. The van der Waals surface area contributed by atoms with Gasteiger partial charge in [-0.05, 0) is 48.6 Å². The van der Waals surface area contributed by atoms with Crippen molar-refractivity contribution in [3.8, 4) is 28.7 Å². The van der Waals surface area contributed by atoms with Crippen LogP contribution >= 0.6 is 0 Å². The van der Waals surface area contributed by atoms with E-state index in [9.17, 15) is 5.11 Å². The first-order valence-electron chi connectivity index (χ1n) is 8.83. The van der Waals surface area contributed by atoms with Crippen LogP contribution in [-0.4, -0.2) is 33.5 Å². The number of rotatable bonds is 5. The number of methoxy groups -OCH3 is 4. The molecule has 0 saturated heterocycles. The smallest absolute Gasteiger partial charge is 0.203 e. The van der Waals surface area contributed by atoms with Gasteiger partial charge in [0, 0.05) is 11.5 Å². The second-order valence-electron chi connectivity index (χ2n) is 6.44. The van der Waals surface area contributed by atoms with Crippen LogP contribution in [0.15, 0.2) is 24.3 Å². The van der Waals surface area contributed by atoms with Gasteiger partial charge in [-0.1, -0.05) is 12.5 Å². The number of benzene rings is 2. The van der Waals surface area contributed by atoms with E-state index in [1.165, 1.54) is 0 Å². The first-order chi connectivity index (χ1) is 12.6. The summed E-state index contributed by atoms with van der Waals surface area (Å²) >= 11 is 0. The number of hydrogen-bond donors (Lipinski definition) is 1. The van der Waals surface area contributed by atoms with Gasteiger partial charge < -0.3 is 24.1 Å². The minimum atomic E-state index is 0.151. The van der Waals surface area contributed by atoms with E-state index >= 15 is 0 Å². The Bertz CT molecular complexity index is 759. The molecule has 26 heavy (non-hydrogen) atoms. The third-order valence-electron chi connectivity index (χ3n) is 5.14. The lowest BCUT2D eigenvalue weighted by Gasteiger charge is -2.22. The van der Waals surface area contributed by atoms with Crippen molar-refractivity contribution in [2.24, 2.45) is 0 Å². The van der Waals surface area contributed by atoms with Gasteiger partial charge in [-0.15, -0.1) is 0 Å². The fourth-order valence-corrected chi connectivity index (χ4v) is 3.84. The number of fused-ring (bicyclic) bond motifs is 1. The molecule has 3 rings (SSSR count). The van der Waals surface area contributed by atoms with Crippen LogP contribution in [0.1, 0.15) is 41.9 Å². The Hall–Kier alpha value is -2.56. The van der Waals surface area contributed by atoms with Crippen LogP contribution < -0.4 is 18.9 Å². The molecule has 1 unspecified atom stereocenters. The van der Waals surface area contributed by atoms with Gasteiger partial charge in [0.15, 0.2) is 23.0 Å². The van der Waals surface area contributed by atoms with Gasteiger partial charge in [0.1, 0.15) is 0 Å². The van der Waals surface area contributed by atoms with Crippen molar-refractivity contribution in [1.82, 2.24) is 0 Å². The molecule has 1 aliphatic rings. The quantitative estimate of drug-likeness (QED) is 0.808. The summed E-state index contributed by atoms with van der Waals surface area (Å²) in [6.07, 6.45) is 3.96. The van der Waals surface area contributed by atoms with Crippen molar-refractivity contribution < 1.29 is 24.1 Å². The van der Waals surface area contributed by atoms with Crippen molar-refractivity contribution in [2.45, 2.75) is 31.6 Å². The van der Waals surface area contributed by atoms with E-state index in [0.29, 0.717) is 23.0 Å². The molecule has 0 spiro atoms. The third-order valence-corrected chi connectivity index (χ3v) is 5.14. The van der Waals surface area contributed by atoms with Crippen LogP contribution in [0.3, 0.4) is 0 Å². The summed E-state index contributed by atoms with van der Waals surface area (Å²) in [7, 11) is 6.43. The van der Waals surface area contributed by atoms with Gasteiger partial charge in [0.05, 0.1) is 28.4 Å². The molecule has 2 aromatic rings. The number of phenols is 1. The van der Waals surface area contributed by atoms with Crippen molar-refractivity contribution in [2.75, 3.05) is 28.4 Å². The second kappa shape index (κ2) is 7.77. The molecule has 0 bridgehead atoms. The first kappa shape index (κ1) is 18.2. The summed E-state index contributed by atoms with van der Waals surface area (Å²) in [4.78, 5) is 0. The normalized spacial score (nSPS) is 16.4. The van der Waals surface area contributed by atoms with Gasteiger partial charge in [0.25, 0.3) is 0 Å². The van der Waals surface area contributed by atoms with Crippen molar-refractivity contribution >= 4 is 0 Å². The second-order valence-corrected chi connectivity index (χ2v) is 6.44. The monoisotopic (exact) mass is 358 g/mol. The highest BCUT2D eigenvalue weighted by atomic mass is 16.5. The van der Waals surface area contributed by atoms with E-state index in [1.54, 1.807) is 28.4 Å². The van der Waals surface area contributed by atoms with Crippen LogP contribution in [0.4, 0.5) is 0 Å². The first-order valence-corrected chi connectivity index (χ1v) is 8.83. The third kappa shape index (κ3) is 3.14. The Kier molecular flexibility index (Phi) is 5.45. The maximum absolute atomic E-state index is 10.6. The summed E-state index contributed by atoms with van der Waals surface area (Å²) in [6.45, 7) is 0. The van der Waals surface area contributed by atoms with Crippen molar-refractivity contribution in [3.63, 3.8) is 0 Å². The number of hydrogen-bond acceptors (Lipinski definition) is 5. The van der Waals surface area contributed by atoms with Gasteiger partial charge in [-0.25, -0.2) is 0 Å². The summed E-state index contributed by atoms with van der Waals surface area (Å²) in [5.74, 6) is 2.80. The Morgan fingerprint density at radius 1 is 0.846 bits per heavy atom. The van der Waals surface area contributed by atoms with Gasteiger partial charge in [-0.2, -0.15) is 0 Å². The van der Waals surface area contributed by atoms with Gasteiger partial charge in [-0.3, -0.25) is 0 Å². The zero-order chi connectivity index (χ0) is 18.7. The molecule has 5 heteroatoms. The molecule has 1 atom stereocenters. The lowest BCUT2D eigenvalue weighted by atomic mass is 9.85. The average molecular weight is 358 g/mol. The molecule has 0 radical (unpaired) electrons. The van der Waals surface area contributed by atoms with Crippen LogP contribution in [0, 0.1) is 0 Å². The Morgan fingerprint density at radius 3 is 2.08 bits per heavy atom. The molecule has 0 heterocycles. The van der Waals surface area contributed by atoms with Crippen molar-refractivity contribution in [3.05, 3.63) is 41.0 Å². The molecule has 1 aliphatic carbocycles. The fraction of sp³-hybridized carbons (Fsp3) is 0.429. The largest absolute Gasteiger partial charge is 0.504 e. The highest BCUT2D eigenvalue weighted by molar-refractivity contribution is 5.58. The summed E-state index contributed by atoms with van der Waals surface area (Å²) in [6, 6.07) is 7.91. The zero-order valence-corrected chi connectivity index (χ0v) is 15.8. The van der Waals surface area contributed by atoms with E-state index in [2.05, 4.69) is 6.07 Å². The van der Waals surface area contributed by atoms with Crippen LogP contribution in [-0.2, 0) is 6.42 Å². The molecule has 0 saturated carbocycles. The minimum Gasteiger partial charge on any atom is -0.504 e. The number of phenolic OH excluding ortho intramolecular Hbond substituents is 1. The molecular weight excluding hydrogens is 332 g/mol. The van der Waals surface area contributed by atoms with Crippen LogP contribution in [0.2, 0.25) is 0 Å². The SMILES string of the molecule is COc1ccc2c(c1O)CCCCC2c1cc(OC)c(OC)c(OC)c1. The summed E-state index contributed by atoms with van der Waals surface area (Å²) in [5, 5.41) is 10.6. The van der Waals surface area contributed by atoms with E-state index in [4.69, 9.17) is 18.9 Å².